The Morgan fingerprint density at radius 3 is 2.32 bits per heavy atom. The number of ether oxygens (including phenoxy) is 2. The highest BCUT2D eigenvalue weighted by Crippen LogP contribution is 2.15. The SMILES string of the molecule is CN=C(NCCOc1cc(C)cc(C)c1)NCC(C)(C)OC. The predicted molar refractivity (Wildman–Crippen MR) is 91.9 cm³/mol. The van der Waals surface area contributed by atoms with E-state index in [-0.39, 0.29) is 5.60 Å². The maximum Gasteiger partial charge on any atom is 0.191 e. The van der Waals surface area contributed by atoms with Crippen molar-refractivity contribution in [1.29, 1.82) is 0 Å². The molecule has 1 aromatic rings. The van der Waals surface area contributed by atoms with Gasteiger partial charge < -0.3 is 20.1 Å². The summed E-state index contributed by atoms with van der Waals surface area (Å²) in [6.45, 7) is 10.1. The molecule has 0 aliphatic heterocycles. The Bertz CT molecular complexity index is 478. The third-order valence-corrected chi connectivity index (χ3v) is 3.32. The Labute approximate surface area is 134 Å². The van der Waals surface area contributed by atoms with Gasteiger partial charge in [-0.2, -0.15) is 0 Å². The number of nitrogens with zero attached hydrogens (tertiary/aromatic N) is 1. The molecule has 1 aromatic carbocycles. The lowest BCUT2D eigenvalue weighted by atomic mass is 10.1. The second-order valence-corrected chi connectivity index (χ2v) is 5.99. The van der Waals surface area contributed by atoms with Gasteiger partial charge in [-0.1, -0.05) is 6.07 Å². The van der Waals surface area contributed by atoms with E-state index in [1.54, 1.807) is 14.2 Å². The summed E-state index contributed by atoms with van der Waals surface area (Å²) in [5.41, 5.74) is 2.19. The highest BCUT2D eigenvalue weighted by molar-refractivity contribution is 5.79. The summed E-state index contributed by atoms with van der Waals surface area (Å²) < 4.78 is 11.1. The molecule has 0 saturated carbocycles. The van der Waals surface area contributed by atoms with Crippen LogP contribution < -0.4 is 15.4 Å². The van der Waals surface area contributed by atoms with Crippen molar-refractivity contribution in [2.75, 3.05) is 33.9 Å². The minimum Gasteiger partial charge on any atom is -0.492 e. The Hall–Kier alpha value is -1.75. The van der Waals surface area contributed by atoms with E-state index in [4.69, 9.17) is 9.47 Å². The summed E-state index contributed by atoms with van der Waals surface area (Å²) in [7, 11) is 3.45. The van der Waals surface area contributed by atoms with Crippen molar-refractivity contribution in [3.8, 4) is 5.75 Å². The molecule has 0 bridgehead atoms. The van der Waals surface area contributed by atoms with Gasteiger partial charge in [0.2, 0.25) is 0 Å². The first-order chi connectivity index (χ1) is 10.4. The van der Waals surface area contributed by atoms with Crippen LogP contribution in [-0.4, -0.2) is 45.4 Å². The van der Waals surface area contributed by atoms with Gasteiger partial charge in [-0.05, 0) is 51.0 Å². The van der Waals surface area contributed by atoms with Crippen LogP contribution in [0, 0.1) is 13.8 Å². The van der Waals surface area contributed by atoms with Gasteiger partial charge in [0.05, 0.1) is 12.1 Å². The zero-order valence-corrected chi connectivity index (χ0v) is 14.6. The number of hydrogen-bond donors (Lipinski definition) is 2. The van der Waals surface area contributed by atoms with E-state index in [0.717, 1.165) is 11.7 Å². The highest BCUT2D eigenvalue weighted by Gasteiger charge is 2.16. The first kappa shape index (κ1) is 18.3. The second-order valence-electron chi connectivity index (χ2n) is 5.99. The van der Waals surface area contributed by atoms with Gasteiger partial charge in [0, 0.05) is 20.7 Å². The monoisotopic (exact) mass is 307 g/mol. The van der Waals surface area contributed by atoms with E-state index in [1.807, 2.05) is 26.0 Å². The molecule has 0 amide bonds. The summed E-state index contributed by atoms with van der Waals surface area (Å²) in [4.78, 5) is 4.18. The minimum absolute atomic E-state index is 0.229. The third kappa shape index (κ3) is 6.80. The summed E-state index contributed by atoms with van der Waals surface area (Å²) in [6, 6.07) is 6.22. The first-order valence-electron chi connectivity index (χ1n) is 7.57. The number of rotatable bonds is 7. The molecule has 1 rings (SSSR count). The molecular weight excluding hydrogens is 278 g/mol. The molecule has 0 aliphatic carbocycles. The van der Waals surface area contributed by atoms with Gasteiger partial charge in [0.25, 0.3) is 0 Å². The number of aliphatic imine (C=N–C) groups is 1. The zero-order chi connectivity index (χ0) is 16.6. The summed E-state index contributed by atoms with van der Waals surface area (Å²) in [6.07, 6.45) is 0. The van der Waals surface area contributed by atoms with E-state index in [2.05, 4.69) is 35.5 Å². The standard InChI is InChI=1S/C17H29N3O2/c1-13-9-14(2)11-15(10-13)22-8-7-19-16(18-5)20-12-17(3,4)21-6/h9-11H,7-8,12H2,1-6H3,(H2,18,19,20). The lowest BCUT2D eigenvalue weighted by Gasteiger charge is -2.24. The van der Waals surface area contributed by atoms with Crippen molar-refractivity contribution >= 4 is 5.96 Å². The van der Waals surface area contributed by atoms with Crippen LogP contribution in [0.4, 0.5) is 0 Å². The smallest absolute Gasteiger partial charge is 0.191 e. The van der Waals surface area contributed by atoms with Crippen molar-refractivity contribution in [1.82, 2.24) is 10.6 Å². The van der Waals surface area contributed by atoms with Crippen LogP contribution in [0.1, 0.15) is 25.0 Å². The van der Waals surface area contributed by atoms with Gasteiger partial charge in [0.15, 0.2) is 5.96 Å². The van der Waals surface area contributed by atoms with Gasteiger partial charge >= 0.3 is 0 Å². The van der Waals surface area contributed by atoms with Crippen molar-refractivity contribution in [3.63, 3.8) is 0 Å². The van der Waals surface area contributed by atoms with E-state index in [1.165, 1.54) is 11.1 Å². The molecule has 0 spiro atoms. The molecule has 0 aliphatic rings. The number of methoxy groups -OCH3 is 1. The molecule has 124 valence electrons. The fraction of sp³-hybridized carbons (Fsp3) is 0.588. The van der Waals surface area contributed by atoms with E-state index < -0.39 is 0 Å². The molecule has 5 heteroatoms. The van der Waals surface area contributed by atoms with E-state index >= 15 is 0 Å². The normalized spacial score (nSPS) is 12.2. The molecule has 0 saturated heterocycles. The summed E-state index contributed by atoms with van der Waals surface area (Å²) in [5, 5.41) is 6.46. The zero-order valence-electron chi connectivity index (χ0n) is 14.6. The van der Waals surface area contributed by atoms with Crippen LogP contribution in [0.25, 0.3) is 0 Å². The van der Waals surface area contributed by atoms with Crippen molar-refractivity contribution in [2.24, 2.45) is 4.99 Å². The van der Waals surface area contributed by atoms with Crippen molar-refractivity contribution in [3.05, 3.63) is 29.3 Å². The van der Waals surface area contributed by atoms with Crippen LogP contribution >= 0.6 is 0 Å². The van der Waals surface area contributed by atoms with Crippen LogP contribution in [0.15, 0.2) is 23.2 Å². The fourth-order valence-corrected chi connectivity index (χ4v) is 1.94. The Kier molecular flexibility index (Phi) is 7.18. The lowest BCUT2D eigenvalue weighted by molar-refractivity contribution is 0.0268. The largest absolute Gasteiger partial charge is 0.492 e. The molecule has 2 N–H and O–H groups in total. The Morgan fingerprint density at radius 1 is 1.14 bits per heavy atom. The maximum atomic E-state index is 5.76. The quantitative estimate of drug-likeness (QED) is 0.461. The average molecular weight is 307 g/mol. The van der Waals surface area contributed by atoms with Crippen LogP contribution in [-0.2, 0) is 4.74 Å². The predicted octanol–water partition coefficient (Wildman–Crippen LogP) is 2.27. The van der Waals surface area contributed by atoms with E-state index in [9.17, 15) is 0 Å². The van der Waals surface area contributed by atoms with Gasteiger partial charge in [0.1, 0.15) is 12.4 Å². The van der Waals surface area contributed by atoms with Crippen LogP contribution in [0.5, 0.6) is 5.75 Å². The molecule has 0 aromatic heterocycles. The van der Waals surface area contributed by atoms with Crippen molar-refractivity contribution < 1.29 is 9.47 Å². The molecule has 0 atom stereocenters. The molecule has 0 heterocycles. The second kappa shape index (κ2) is 8.63. The van der Waals surface area contributed by atoms with Crippen LogP contribution in [0.2, 0.25) is 0 Å². The van der Waals surface area contributed by atoms with Gasteiger partial charge in [-0.15, -0.1) is 0 Å². The minimum atomic E-state index is -0.229. The van der Waals surface area contributed by atoms with Crippen molar-refractivity contribution in [2.45, 2.75) is 33.3 Å². The molecular formula is C17H29N3O2. The Morgan fingerprint density at radius 2 is 1.77 bits per heavy atom. The van der Waals surface area contributed by atoms with Gasteiger partial charge in [-0.25, -0.2) is 0 Å². The lowest BCUT2D eigenvalue weighted by Crippen LogP contribution is -2.46. The molecule has 0 radical (unpaired) electrons. The van der Waals surface area contributed by atoms with E-state index in [0.29, 0.717) is 19.7 Å². The first-order valence-corrected chi connectivity index (χ1v) is 7.57. The summed E-state index contributed by atoms with van der Waals surface area (Å²) in [5.74, 6) is 1.65. The Balaban J connectivity index is 2.33. The van der Waals surface area contributed by atoms with Gasteiger partial charge in [-0.3, -0.25) is 4.99 Å². The maximum absolute atomic E-state index is 5.76. The van der Waals surface area contributed by atoms with Crippen LogP contribution in [0.3, 0.4) is 0 Å². The molecule has 22 heavy (non-hydrogen) atoms. The molecule has 0 fully saturated rings. The number of hydrogen-bond acceptors (Lipinski definition) is 3. The summed E-state index contributed by atoms with van der Waals surface area (Å²) >= 11 is 0. The average Bonchev–Trinajstić information content (AvgIpc) is 2.45. The molecule has 5 nitrogen and oxygen atoms in total. The number of benzene rings is 1. The number of nitrogens with one attached hydrogen (secondary N) is 2. The topological polar surface area (TPSA) is 54.9 Å². The number of aryl methyl sites for hydroxylation is 2. The number of guanidine groups is 1. The third-order valence-electron chi connectivity index (χ3n) is 3.32. The molecule has 0 unspecified atom stereocenters. The highest BCUT2D eigenvalue weighted by atomic mass is 16.5. The fourth-order valence-electron chi connectivity index (χ4n) is 1.94.